The molecule has 3 aromatic rings. The summed E-state index contributed by atoms with van der Waals surface area (Å²) < 4.78 is 16.0. The Bertz CT molecular complexity index is 1160. The molecule has 6 heteroatoms. The molecule has 0 fully saturated rings. The molecule has 0 aliphatic rings. The van der Waals surface area contributed by atoms with Crippen LogP contribution in [0.25, 0.3) is 11.6 Å². The predicted octanol–water partition coefficient (Wildman–Crippen LogP) is 5.96. The van der Waals surface area contributed by atoms with E-state index in [0.717, 1.165) is 16.7 Å². The SMILES string of the molecule is COc1ccc(CCC(=O)Oc2cccc(/C=C(/C#N)c3ccc(Cl)cc3)c2)cc1OC. The number of allylic oxidation sites excluding steroid dienone is 1. The molecule has 3 rings (SSSR count). The van der Waals surface area contributed by atoms with E-state index in [1.807, 2.05) is 24.3 Å². The largest absolute Gasteiger partial charge is 0.493 e. The fourth-order valence-electron chi connectivity index (χ4n) is 3.11. The summed E-state index contributed by atoms with van der Waals surface area (Å²) in [5.41, 5.74) is 2.94. The lowest BCUT2D eigenvalue weighted by Gasteiger charge is -2.09. The zero-order valence-corrected chi connectivity index (χ0v) is 18.6. The van der Waals surface area contributed by atoms with Gasteiger partial charge in [-0.05, 0) is 65.6 Å². The number of aryl methyl sites for hydroxylation is 1. The van der Waals surface area contributed by atoms with Gasteiger partial charge in [0.15, 0.2) is 11.5 Å². The monoisotopic (exact) mass is 447 g/mol. The molecule has 162 valence electrons. The van der Waals surface area contributed by atoms with E-state index in [2.05, 4.69) is 6.07 Å². The summed E-state index contributed by atoms with van der Waals surface area (Å²) in [7, 11) is 3.15. The van der Waals surface area contributed by atoms with E-state index in [9.17, 15) is 10.1 Å². The number of nitrogens with zero attached hydrogens (tertiary/aromatic N) is 1. The third-order valence-corrected chi connectivity index (χ3v) is 4.99. The lowest BCUT2D eigenvalue weighted by molar-refractivity contribution is -0.134. The number of ether oxygens (including phenoxy) is 3. The van der Waals surface area contributed by atoms with Crippen LogP contribution in [0.2, 0.25) is 5.02 Å². The van der Waals surface area contributed by atoms with Crippen LogP contribution in [0.4, 0.5) is 0 Å². The van der Waals surface area contributed by atoms with Crippen LogP contribution in [0.1, 0.15) is 23.1 Å². The van der Waals surface area contributed by atoms with E-state index < -0.39 is 0 Å². The zero-order chi connectivity index (χ0) is 22.9. The molecule has 0 aliphatic heterocycles. The van der Waals surface area contributed by atoms with Crippen molar-refractivity contribution in [1.82, 2.24) is 0 Å². The maximum atomic E-state index is 12.3. The first-order valence-corrected chi connectivity index (χ1v) is 10.3. The Morgan fingerprint density at radius 1 is 1.00 bits per heavy atom. The van der Waals surface area contributed by atoms with Crippen LogP contribution >= 0.6 is 11.6 Å². The average Bonchev–Trinajstić information content (AvgIpc) is 2.82. The quantitative estimate of drug-likeness (QED) is 0.184. The highest BCUT2D eigenvalue weighted by atomic mass is 35.5. The third kappa shape index (κ3) is 6.13. The highest BCUT2D eigenvalue weighted by Crippen LogP contribution is 2.28. The lowest BCUT2D eigenvalue weighted by atomic mass is 10.0. The molecule has 0 atom stereocenters. The van der Waals surface area contributed by atoms with Gasteiger partial charge in [-0.3, -0.25) is 4.79 Å². The number of hydrogen-bond acceptors (Lipinski definition) is 5. The first-order chi connectivity index (χ1) is 15.5. The van der Waals surface area contributed by atoms with E-state index in [-0.39, 0.29) is 12.4 Å². The summed E-state index contributed by atoms with van der Waals surface area (Å²) in [6.07, 6.45) is 2.46. The van der Waals surface area contributed by atoms with Gasteiger partial charge in [0, 0.05) is 11.4 Å². The molecule has 0 bridgehead atoms. The fourth-order valence-corrected chi connectivity index (χ4v) is 3.24. The van der Waals surface area contributed by atoms with Crippen LogP contribution in [0.15, 0.2) is 66.7 Å². The van der Waals surface area contributed by atoms with E-state index in [0.29, 0.717) is 34.3 Å². The Hall–Kier alpha value is -3.75. The molecule has 0 radical (unpaired) electrons. The average molecular weight is 448 g/mol. The van der Waals surface area contributed by atoms with Crippen molar-refractivity contribution < 1.29 is 19.0 Å². The van der Waals surface area contributed by atoms with E-state index in [4.69, 9.17) is 25.8 Å². The predicted molar refractivity (Wildman–Crippen MR) is 125 cm³/mol. The highest BCUT2D eigenvalue weighted by molar-refractivity contribution is 6.30. The standard InChI is InChI=1S/C26H22ClNO4/c1-30-24-12-6-18(16-25(24)31-2)7-13-26(29)32-23-5-3-4-19(15-23)14-21(17-28)20-8-10-22(27)11-9-20/h3-6,8-12,14-16H,7,13H2,1-2H3/b21-14-. The number of benzene rings is 3. The topological polar surface area (TPSA) is 68.5 Å². The Labute approximate surface area is 192 Å². The molecule has 0 unspecified atom stereocenters. The summed E-state index contributed by atoms with van der Waals surface area (Å²) in [5.74, 6) is 1.33. The number of carbonyl (C=O) groups is 1. The van der Waals surface area contributed by atoms with E-state index in [1.54, 1.807) is 62.8 Å². The number of esters is 1. The number of halogens is 1. The van der Waals surface area contributed by atoms with E-state index in [1.165, 1.54) is 0 Å². The zero-order valence-electron chi connectivity index (χ0n) is 17.8. The number of nitriles is 1. The van der Waals surface area contributed by atoms with Crippen molar-refractivity contribution >= 4 is 29.2 Å². The van der Waals surface area contributed by atoms with Crippen LogP contribution in [0.3, 0.4) is 0 Å². The van der Waals surface area contributed by atoms with Crippen LogP contribution in [0, 0.1) is 11.3 Å². The number of hydrogen-bond donors (Lipinski definition) is 0. The smallest absolute Gasteiger partial charge is 0.311 e. The van der Waals surface area contributed by atoms with Crippen LogP contribution in [0.5, 0.6) is 17.2 Å². The van der Waals surface area contributed by atoms with Crippen molar-refractivity contribution in [2.24, 2.45) is 0 Å². The minimum Gasteiger partial charge on any atom is -0.493 e. The van der Waals surface area contributed by atoms with Crippen molar-refractivity contribution in [2.75, 3.05) is 14.2 Å². The molecular weight excluding hydrogens is 426 g/mol. The van der Waals surface area contributed by atoms with Gasteiger partial charge in [-0.2, -0.15) is 5.26 Å². The van der Waals surface area contributed by atoms with Gasteiger partial charge in [-0.1, -0.05) is 41.9 Å². The van der Waals surface area contributed by atoms with Crippen molar-refractivity contribution in [2.45, 2.75) is 12.8 Å². The van der Waals surface area contributed by atoms with Crippen molar-refractivity contribution in [1.29, 1.82) is 5.26 Å². The van der Waals surface area contributed by atoms with Gasteiger partial charge in [0.05, 0.1) is 25.9 Å². The Morgan fingerprint density at radius 2 is 1.75 bits per heavy atom. The second kappa shape index (κ2) is 11.0. The maximum absolute atomic E-state index is 12.3. The molecule has 3 aromatic carbocycles. The molecule has 0 N–H and O–H groups in total. The van der Waals surface area contributed by atoms with Crippen LogP contribution in [-0.4, -0.2) is 20.2 Å². The number of methoxy groups -OCH3 is 2. The second-order valence-electron chi connectivity index (χ2n) is 6.91. The minimum atomic E-state index is -0.348. The van der Waals surface area contributed by atoms with Crippen molar-refractivity contribution in [3.8, 4) is 23.3 Å². The molecule has 0 saturated heterocycles. The molecule has 0 aliphatic carbocycles. The summed E-state index contributed by atoms with van der Waals surface area (Å²) in [5, 5.41) is 10.1. The maximum Gasteiger partial charge on any atom is 0.311 e. The summed E-state index contributed by atoms with van der Waals surface area (Å²) in [6, 6.07) is 21.8. The molecule has 0 aromatic heterocycles. The van der Waals surface area contributed by atoms with Crippen LogP contribution in [-0.2, 0) is 11.2 Å². The summed E-state index contributed by atoms with van der Waals surface area (Å²) in [6.45, 7) is 0. The van der Waals surface area contributed by atoms with Crippen LogP contribution < -0.4 is 14.2 Å². The Morgan fingerprint density at radius 3 is 2.44 bits per heavy atom. The Kier molecular flexibility index (Phi) is 7.91. The lowest BCUT2D eigenvalue weighted by Crippen LogP contribution is -2.09. The van der Waals surface area contributed by atoms with Gasteiger partial charge in [-0.15, -0.1) is 0 Å². The van der Waals surface area contributed by atoms with Crippen molar-refractivity contribution in [3.05, 3.63) is 88.4 Å². The number of rotatable bonds is 8. The highest BCUT2D eigenvalue weighted by Gasteiger charge is 2.09. The Balaban J connectivity index is 1.66. The minimum absolute atomic E-state index is 0.212. The molecular formula is C26H22ClNO4. The molecule has 0 spiro atoms. The first kappa shape index (κ1) is 22.9. The molecule has 5 nitrogen and oxygen atoms in total. The van der Waals surface area contributed by atoms with Gasteiger partial charge in [0.25, 0.3) is 0 Å². The molecule has 0 saturated carbocycles. The van der Waals surface area contributed by atoms with Gasteiger partial charge in [-0.25, -0.2) is 0 Å². The normalized spacial score (nSPS) is 10.9. The summed E-state index contributed by atoms with van der Waals surface area (Å²) in [4.78, 5) is 12.3. The summed E-state index contributed by atoms with van der Waals surface area (Å²) >= 11 is 5.92. The van der Waals surface area contributed by atoms with E-state index >= 15 is 0 Å². The van der Waals surface area contributed by atoms with Crippen molar-refractivity contribution in [3.63, 3.8) is 0 Å². The third-order valence-electron chi connectivity index (χ3n) is 4.74. The van der Waals surface area contributed by atoms with Gasteiger partial charge in [0.1, 0.15) is 5.75 Å². The van der Waals surface area contributed by atoms with Gasteiger partial charge in [0.2, 0.25) is 0 Å². The molecule has 0 amide bonds. The van der Waals surface area contributed by atoms with Gasteiger partial charge >= 0.3 is 5.97 Å². The number of carbonyl (C=O) groups excluding carboxylic acids is 1. The second-order valence-corrected chi connectivity index (χ2v) is 7.35. The molecule has 32 heavy (non-hydrogen) atoms. The molecule has 0 heterocycles. The fraction of sp³-hybridized carbons (Fsp3) is 0.154. The van der Waals surface area contributed by atoms with Gasteiger partial charge < -0.3 is 14.2 Å². The first-order valence-electron chi connectivity index (χ1n) is 9.91.